The summed E-state index contributed by atoms with van der Waals surface area (Å²) in [5.41, 5.74) is 8.73. The van der Waals surface area contributed by atoms with E-state index in [2.05, 4.69) is 30.6 Å². The van der Waals surface area contributed by atoms with Crippen LogP contribution in [0.5, 0.6) is 0 Å². The Morgan fingerprint density at radius 1 is 1.29 bits per heavy atom. The molecule has 162 valence electrons. The Kier molecular flexibility index (Phi) is 5.94. The van der Waals surface area contributed by atoms with Crippen molar-refractivity contribution in [2.75, 3.05) is 11.9 Å². The molecule has 2 heterocycles. The second kappa shape index (κ2) is 8.81. The number of nitrogens with zero attached hydrogens (tertiary/aromatic N) is 6. The summed E-state index contributed by atoms with van der Waals surface area (Å²) in [4.78, 5) is 13.3. The maximum atomic E-state index is 9.81. The largest absolute Gasteiger partial charge is 0.404 e. The minimum absolute atomic E-state index is 0.296. The second-order valence-corrected chi connectivity index (χ2v) is 8.48. The molecule has 2 aromatic heterocycles. The third-order valence-corrected chi connectivity index (χ3v) is 5.21. The summed E-state index contributed by atoms with van der Waals surface area (Å²) in [6.45, 7) is 3.72. The average molecular weight is 421 g/mol. The normalized spacial score (nSPS) is 15.9. The van der Waals surface area contributed by atoms with E-state index in [0.717, 1.165) is 29.7 Å². The Hall–Kier alpha value is -3.33. The predicted molar refractivity (Wildman–Crippen MR) is 122 cm³/mol. The van der Waals surface area contributed by atoms with E-state index in [4.69, 9.17) is 5.73 Å². The Balaban J connectivity index is 1.55. The highest BCUT2D eigenvalue weighted by molar-refractivity contribution is 6.09. The van der Waals surface area contributed by atoms with Gasteiger partial charge < -0.3 is 16.2 Å². The first-order valence-electron chi connectivity index (χ1n) is 10.5. The summed E-state index contributed by atoms with van der Waals surface area (Å²) in [6.07, 6.45) is 9.66. The molecule has 0 saturated heterocycles. The molecule has 0 aliphatic heterocycles. The van der Waals surface area contributed by atoms with E-state index in [1.54, 1.807) is 30.9 Å². The van der Waals surface area contributed by atoms with Gasteiger partial charge in [0.1, 0.15) is 0 Å². The van der Waals surface area contributed by atoms with Crippen molar-refractivity contribution in [1.82, 2.24) is 25.0 Å². The van der Waals surface area contributed by atoms with Crippen LogP contribution in [0, 0.1) is 0 Å². The number of fused-ring (bicyclic) bond motifs is 1. The maximum absolute atomic E-state index is 9.81. The van der Waals surface area contributed by atoms with Gasteiger partial charge in [-0.2, -0.15) is 9.67 Å². The van der Waals surface area contributed by atoms with Gasteiger partial charge in [0.2, 0.25) is 5.95 Å². The van der Waals surface area contributed by atoms with Crippen LogP contribution in [0.1, 0.15) is 45.1 Å². The molecular formula is C22H28N8O. The quantitative estimate of drug-likeness (QED) is 0.502. The Labute approximate surface area is 181 Å². The van der Waals surface area contributed by atoms with Gasteiger partial charge in [-0.15, -0.1) is 5.10 Å². The van der Waals surface area contributed by atoms with Crippen molar-refractivity contribution in [1.29, 1.82) is 0 Å². The van der Waals surface area contributed by atoms with Crippen LogP contribution in [0.2, 0.25) is 0 Å². The number of aliphatic hydroxyl groups is 1. The van der Waals surface area contributed by atoms with Gasteiger partial charge in [-0.1, -0.05) is 30.2 Å². The fourth-order valence-electron chi connectivity index (χ4n) is 3.60. The number of anilines is 1. The Morgan fingerprint density at radius 3 is 2.71 bits per heavy atom. The molecule has 4 N–H and O–H groups in total. The second-order valence-electron chi connectivity index (χ2n) is 8.48. The van der Waals surface area contributed by atoms with Crippen molar-refractivity contribution in [2.45, 2.75) is 51.2 Å². The zero-order valence-corrected chi connectivity index (χ0v) is 17.9. The van der Waals surface area contributed by atoms with E-state index in [9.17, 15) is 5.11 Å². The third kappa shape index (κ3) is 5.05. The van der Waals surface area contributed by atoms with Crippen LogP contribution in [-0.4, -0.2) is 54.5 Å². The van der Waals surface area contributed by atoms with E-state index in [1.165, 1.54) is 19.0 Å². The van der Waals surface area contributed by atoms with E-state index in [0.29, 0.717) is 29.7 Å². The molecule has 0 amide bonds. The fraction of sp³-hybridized carbons (Fsp3) is 0.409. The van der Waals surface area contributed by atoms with Crippen LogP contribution in [0.25, 0.3) is 22.4 Å². The number of benzene rings is 1. The predicted octanol–water partition coefficient (Wildman–Crippen LogP) is 2.71. The van der Waals surface area contributed by atoms with Crippen molar-refractivity contribution >= 4 is 28.9 Å². The van der Waals surface area contributed by atoms with Gasteiger partial charge in [-0.3, -0.25) is 4.99 Å². The third-order valence-electron chi connectivity index (χ3n) is 5.21. The lowest BCUT2D eigenvalue weighted by Crippen LogP contribution is -2.22. The molecule has 31 heavy (non-hydrogen) atoms. The highest BCUT2D eigenvalue weighted by Gasteiger charge is 2.17. The zero-order valence-electron chi connectivity index (χ0n) is 17.9. The highest BCUT2D eigenvalue weighted by atomic mass is 16.3. The number of nitrogens with one attached hydrogen (secondary N) is 1. The monoisotopic (exact) mass is 420 g/mol. The van der Waals surface area contributed by atoms with Crippen molar-refractivity contribution in [3.63, 3.8) is 0 Å². The van der Waals surface area contributed by atoms with E-state index < -0.39 is 5.60 Å². The minimum Gasteiger partial charge on any atom is -0.404 e. The standard InChI is InChI=1S/C22H28N8O/c1-22(2,31)14-24-12-16(11-23)15-7-9-18(10-8-15)30-20-19(28-29-30)13-25-21(27-20)26-17-5-3-4-6-17/h7-13,17,31H,3-6,14,23H2,1-2H3,(H,25,26,27). The van der Waals surface area contributed by atoms with Gasteiger partial charge in [-0.25, -0.2) is 4.98 Å². The number of hydrogen-bond acceptors (Lipinski definition) is 8. The fourth-order valence-corrected chi connectivity index (χ4v) is 3.60. The van der Waals surface area contributed by atoms with Crippen LogP contribution in [0.3, 0.4) is 0 Å². The summed E-state index contributed by atoms with van der Waals surface area (Å²) in [6, 6.07) is 8.18. The Morgan fingerprint density at radius 2 is 2.03 bits per heavy atom. The lowest BCUT2D eigenvalue weighted by molar-refractivity contribution is 0.0906. The van der Waals surface area contributed by atoms with Gasteiger partial charge in [-0.05, 0) is 44.4 Å². The van der Waals surface area contributed by atoms with E-state index >= 15 is 0 Å². The molecule has 9 nitrogen and oxygen atoms in total. The lowest BCUT2D eigenvalue weighted by atomic mass is 10.1. The van der Waals surface area contributed by atoms with Crippen LogP contribution in [-0.2, 0) is 0 Å². The SMILES string of the molecule is CC(C)(O)CN=CC(=CN)c1ccc(-n2nnc3cnc(NC4CCCC4)nc32)cc1. The smallest absolute Gasteiger partial charge is 0.225 e. The molecule has 0 spiro atoms. The number of hydrogen-bond donors (Lipinski definition) is 3. The number of aromatic nitrogens is 5. The molecule has 0 bridgehead atoms. The van der Waals surface area contributed by atoms with Gasteiger partial charge in [0, 0.05) is 24.0 Å². The topological polar surface area (TPSA) is 127 Å². The lowest BCUT2D eigenvalue weighted by Gasteiger charge is -2.13. The summed E-state index contributed by atoms with van der Waals surface area (Å²) in [5.74, 6) is 0.607. The molecule has 1 aliphatic carbocycles. The first-order valence-corrected chi connectivity index (χ1v) is 10.5. The number of aliphatic imine (C=N–C) groups is 1. The summed E-state index contributed by atoms with van der Waals surface area (Å²) < 4.78 is 1.70. The number of rotatable bonds is 7. The number of allylic oxidation sites excluding steroid dienone is 1. The van der Waals surface area contributed by atoms with E-state index in [1.807, 2.05) is 24.3 Å². The van der Waals surface area contributed by atoms with Crippen LogP contribution >= 0.6 is 0 Å². The Bertz CT molecular complexity index is 1090. The molecule has 0 unspecified atom stereocenters. The van der Waals surface area contributed by atoms with Crippen LogP contribution in [0.4, 0.5) is 5.95 Å². The molecule has 9 heteroatoms. The first kappa shape index (κ1) is 20.9. The van der Waals surface area contributed by atoms with Crippen molar-refractivity contribution in [2.24, 2.45) is 10.7 Å². The summed E-state index contributed by atoms with van der Waals surface area (Å²) in [5, 5.41) is 21.7. The van der Waals surface area contributed by atoms with Gasteiger partial charge in [0.15, 0.2) is 11.2 Å². The molecule has 1 saturated carbocycles. The molecule has 1 fully saturated rings. The summed E-state index contributed by atoms with van der Waals surface area (Å²) >= 11 is 0. The van der Waals surface area contributed by atoms with Gasteiger partial charge in [0.05, 0.1) is 24.0 Å². The average Bonchev–Trinajstić information content (AvgIpc) is 3.40. The molecule has 1 aromatic carbocycles. The van der Waals surface area contributed by atoms with Gasteiger partial charge in [0.25, 0.3) is 0 Å². The molecule has 0 radical (unpaired) electrons. The zero-order chi connectivity index (χ0) is 21.8. The number of nitrogens with two attached hydrogens (primary N) is 1. The highest BCUT2D eigenvalue weighted by Crippen LogP contribution is 2.22. The van der Waals surface area contributed by atoms with E-state index in [-0.39, 0.29) is 0 Å². The van der Waals surface area contributed by atoms with Crippen LogP contribution in [0.15, 0.2) is 41.7 Å². The molecule has 3 aromatic rings. The molecule has 0 atom stereocenters. The van der Waals surface area contributed by atoms with Crippen molar-refractivity contribution in [3.05, 3.63) is 42.2 Å². The van der Waals surface area contributed by atoms with Crippen LogP contribution < -0.4 is 11.1 Å². The van der Waals surface area contributed by atoms with Crippen molar-refractivity contribution < 1.29 is 5.11 Å². The summed E-state index contributed by atoms with van der Waals surface area (Å²) in [7, 11) is 0. The first-order chi connectivity index (χ1) is 14.9. The maximum Gasteiger partial charge on any atom is 0.225 e. The van der Waals surface area contributed by atoms with Crippen molar-refractivity contribution in [3.8, 4) is 5.69 Å². The molecule has 1 aliphatic rings. The van der Waals surface area contributed by atoms with Gasteiger partial charge >= 0.3 is 0 Å². The molecule has 4 rings (SSSR count). The molecular weight excluding hydrogens is 392 g/mol. The minimum atomic E-state index is -0.860.